The van der Waals surface area contributed by atoms with Crippen molar-refractivity contribution < 1.29 is 13.6 Å². The van der Waals surface area contributed by atoms with Crippen molar-refractivity contribution in [1.29, 1.82) is 0 Å². The van der Waals surface area contributed by atoms with E-state index in [1.807, 2.05) is 13.8 Å². The summed E-state index contributed by atoms with van der Waals surface area (Å²) in [5.74, 6) is 0.214. The van der Waals surface area contributed by atoms with Crippen molar-refractivity contribution in [1.82, 2.24) is 9.44 Å². The third kappa shape index (κ3) is 5.64. The highest BCUT2D eigenvalue weighted by Gasteiger charge is 2.30. The van der Waals surface area contributed by atoms with Gasteiger partial charge in [0.2, 0.25) is 0 Å². The molecule has 5 N–H and O–H groups in total. The lowest BCUT2D eigenvalue weighted by Gasteiger charge is -2.29. The Bertz CT molecular complexity index is 416. The molecule has 0 amide bonds. The highest BCUT2D eigenvalue weighted by atomic mass is 32.2. The van der Waals surface area contributed by atoms with E-state index in [0.29, 0.717) is 6.54 Å². The van der Waals surface area contributed by atoms with E-state index in [-0.39, 0.29) is 17.7 Å². The predicted molar refractivity (Wildman–Crippen MR) is 78.7 cm³/mol. The van der Waals surface area contributed by atoms with Crippen LogP contribution in [-0.4, -0.2) is 32.0 Å². The van der Waals surface area contributed by atoms with Gasteiger partial charge in [0.05, 0.1) is 6.04 Å². The molecular formula is C12H26N4O3S. The molecule has 1 saturated carbocycles. The van der Waals surface area contributed by atoms with Crippen molar-refractivity contribution in [3.63, 3.8) is 0 Å². The molecule has 0 radical (unpaired) electrons. The maximum Gasteiger partial charge on any atom is 0.277 e. The molecule has 1 aliphatic rings. The lowest BCUT2D eigenvalue weighted by atomic mass is 9.84. The number of oxime groups is 1. The highest BCUT2D eigenvalue weighted by Crippen LogP contribution is 2.26. The average molecular weight is 306 g/mol. The van der Waals surface area contributed by atoms with E-state index in [1.54, 1.807) is 0 Å². The number of rotatable bonds is 7. The van der Waals surface area contributed by atoms with E-state index < -0.39 is 16.3 Å². The Kier molecular flexibility index (Phi) is 6.70. The molecule has 8 heteroatoms. The standard InChI is InChI=1S/C12H26N4O3S/c1-9(2)8-14-20(18,19)16-11(12(13)15-17)10-6-4-3-5-7-10/h9-11,14,16-17H,3-8H2,1-2H3,(H2,13,15). The Morgan fingerprint density at radius 2 is 1.95 bits per heavy atom. The fourth-order valence-electron chi connectivity index (χ4n) is 2.41. The van der Waals surface area contributed by atoms with Crippen molar-refractivity contribution in [2.45, 2.75) is 52.0 Å². The van der Waals surface area contributed by atoms with Gasteiger partial charge in [-0.2, -0.15) is 13.1 Å². The molecule has 20 heavy (non-hydrogen) atoms. The van der Waals surface area contributed by atoms with Crippen LogP contribution < -0.4 is 15.2 Å². The monoisotopic (exact) mass is 306 g/mol. The molecule has 0 bridgehead atoms. The molecule has 1 aliphatic carbocycles. The zero-order valence-electron chi connectivity index (χ0n) is 12.2. The number of amidine groups is 1. The molecule has 1 unspecified atom stereocenters. The molecule has 0 heterocycles. The van der Waals surface area contributed by atoms with Crippen molar-refractivity contribution in [3.8, 4) is 0 Å². The molecule has 0 saturated heterocycles. The second kappa shape index (κ2) is 7.80. The molecule has 0 aliphatic heterocycles. The fourth-order valence-corrected chi connectivity index (χ4v) is 3.70. The molecule has 0 aromatic carbocycles. The summed E-state index contributed by atoms with van der Waals surface area (Å²) >= 11 is 0. The van der Waals surface area contributed by atoms with Crippen LogP contribution >= 0.6 is 0 Å². The van der Waals surface area contributed by atoms with E-state index in [1.165, 1.54) is 0 Å². The van der Waals surface area contributed by atoms with Gasteiger partial charge in [0.25, 0.3) is 10.2 Å². The van der Waals surface area contributed by atoms with Crippen molar-refractivity contribution in [2.24, 2.45) is 22.7 Å². The second-order valence-electron chi connectivity index (χ2n) is 5.76. The minimum atomic E-state index is -3.65. The molecule has 1 rings (SSSR count). The lowest BCUT2D eigenvalue weighted by molar-refractivity contribution is 0.297. The van der Waals surface area contributed by atoms with Crippen LogP contribution in [0.15, 0.2) is 5.16 Å². The summed E-state index contributed by atoms with van der Waals surface area (Å²) in [6.45, 7) is 4.19. The van der Waals surface area contributed by atoms with Crippen LogP contribution in [0.5, 0.6) is 0 Å². The number of hydrogen-bond acceptors (Lipinski definition) is 4. The van der Waals surface area contributed by atoms with Crippen LogP contribution in [0.3, 0.4) is 0 Å². The first-order valence-corrected chi connectivity index (χ1v) is 8.58. The number of nitrogens with two attached hydrogens (primary N) is 1. The summed E-state index contributed by atoms with van der Waals surface area (Å²) in [7, 11) is -3.65. The summed E-state index contributed by atoms with van der Waals surface area (Å²) in [5, 5.41) is 11.8. The third-order valence-electron chi connectivity index (χ3n) is 3.52. The maximum absolute atomic E-state index is 12.0. The Hall–Kier alpha value is -0.860. The van der Waals surface area contributed by atoms with Gasteiger partial charge in [-0.1, -0.05) is 38.3 Å². The van der Waals surface area contributed by atoms with Gasteiger partial charge in [0.1, 0.15) is 0 Å². The summed E-state index contributed by atoms with van der Waals surface area (Å²) in [5.41, 5.74) is 5.66. The van der Waals surface area contributed by atoms with Crippen molar-refractivity contribution in [2.75, 3.05) is 6.54 Å². The highest BCUT2D eigenvalue weighted by molar-refractivity contribution is 7.87. The quantitative estimate of drug-likeness (QED) is 0.240. The van der Waals surface area contributed by atoms with Crippen LogP contribution in [0.1, 0.15) is 46.0 Å². The Morgan fingerprint density at radius 1 is 1.35 bits per heavy atom. The first kappa shape index (κ1) is 17.2. The second-order valence-corrected chi connectivity index (χ2v) is 7.30. The van der Waals surface area contributed by atoms with Gasteiger partial charge in [0.15, 0.2) is 5.84 Å². The zero-order chi connectivity index (χ0) is 15.2. The lowest BCUT2D eigenvalue weighted by Crippen LogP contribution is -2.53. The molecule has 1 fully saturated rings. The fraction of sp³-hybridized carbons (Fsp3) is 0.917. The van der Waals surface area contributed by atoms with Crippen molar-refractivity contribution in [3.05, 3.63) is 0 Å². The Morgan fingerprint density at radius 3 is 2.45 bits per heavy atom. The van der Waals surface area contributed by atoms with Gasteiger partial charge in [-0.3, -0.25) is 0 Å². The summed E-state index contributed by atoms with van der Waals surface area (Å²) in [4.78, 5) is 0. The largest absolute Gasteiger partial charge is 0.409 e. The molecular weight excluding hydrogens is 280 g/mol. The third-order valence-corrected chi connectivity index (χ3v) is 4.63. The van der Waals surface area contributed by atoms with E-state index in [2.05, 4.69) is 14.6 Å². The normalized spacial score (nSPS) is 20.2. The van der Waals surface area contributed by atoms with E-state index >= 15 is 0 Å². The van der Waals surface area contributed by atoms with Gasteiger partial charge in [-0.25, -0.2) is 4.72 Å². The van der Waals surface area contributed by atoms with E-state index in [4.69, 9.17) is 10.9 Å². The zero-order valence-corrected chi connectivity index (χ0v) is 13.0. The Balaban J connectivity index is 2.73. The SMILES string of the molecule is CC(C)CNS(=O)(=O)NC(C(N)=NO)C1CCCCC1. The van der Waals surface area contributed by atoms with Gasteiger partial charge in [-0.05, 0) is 24.7 Å². The van der Waals surface area contributed by atoms with Gasteiger partial charge in [0, 0.05) is 6.54 Å². The van der Waals surface area contributed by atoms with Crippen LogP contribution in [0.25, 0.3) is 0 Å². The van der Waals surface area contributed by atoms with Crippen LogP contribution in [0.2, 0.25) is 0 Å². The van der Waals surface area contributed by atoms with Crippen molar-refractivity contribution >= 4 is 16.0 Å². The predicted octanol–water partition coefficient (Wildman–Crippen LogP) is 0.762. The molecule has 1 atom stereocenters. The smallest absolute Gasteiger partial charge is 0.277 e. The Labute approximate surface area is 121 Å². The molecule has 7 nitrogen and oxygen atoms in total. The van der Waals surface area contributed by atoms with Gasteiger partial charge >= 0.3 is 0 Å². The minimum Gasteiger partial charge on any atom is -0.409 e. The number of nitrogens with one attached hydrogen (secondary N) is 2. The molecule has 0 aromatic rings. The summed E-state index contributed by atoms with van der Waals surface area (Å²) in [6, 6.07) is -0.648. The average Bonchev–Trinajstić information content (AvgIpc) is 2.43. The number of hydrogen-bond donors (Lipinski definition) is 4. The van der Waals surface area contributed by atoms with E-state index in [0.717, 1.165) is 32.1 Å². The molecule has 118 valence electrons. The summed E-state index contributed by atoms with van der Waals surface area (Å²) < 4.78 is 29.0. The van der Waals surface area contributed by atoms with Crippen LogP contribution in [-0.2, 0) is 10.2 Å². The molecule has 0 aromatic heterocycles. The number of nitrogens with zero attached hydrogens (tertiary/aromatic N) is 1. The van der Waals surface area contributed by atoms with E-state index in [9.17, 15) is 8.42 Å². The first-order valence-electron chi connectivity index (χ1n) is 7.10. The van der Waals surface area contributed by atoms with Gasteiger partial charge < -0.3 is 10.9 Å². The molecule has 0 spiro atoms. The van der Waals surface area contributed by atoms with Gasteiger partial charge in [-0.15, -0.1) is 0 Å². The maximum atomic E-state index is 12.0. The topological polar surface area (TPSA) is 117 Å². The van der Waals surface area contributed by atoms with Crippen LogP contribution in [0, 0.1) is 11.8 Å². The minimum absolute atomic E-state index is 0.0770. The van der Waals surface area contributed by atoms with Crippen LogP contribution in [0.4, 0.5) is 0 Å². The first-order chi connectivity index (χ1) is 9.35. The summed E-state index contributed by atoms with van der Waals surface area (Å²) in [6.07, 6.45) is 5.00.